The van der Waals surface area contributed by atoms with Gasteiger partial charge in [-0.05, 0) is 36.0 Å². The molecule has 0 aliphatic rings. The second kappa shape index (κ2) is 4.73. The third-order valence-electron chi connectivity index (χ3n) is 3.41. The van der Waals surface area contributed by atoms with Crippen LogP contribution in [0.5, 0.6) is 0 Å². The lowest BCUT2D eigenvalue weighted by atomic mass is 9.75. The predicted octanol–water partition coefficient (Wildman–Crippen LogP) is 4.57. The van der Waals surface area contributed by atoms with Gasteiger partial charge in [-0.3, -0.25) is 0 Å². The van der Waals surface area contributed by atoms with Gasteiger partial charge >= 0.3 is 0 Å². The zero-order valence-electron chi connectivity index (χ0n) is 11.1. The zero-order chi connectivity index (χ0) is 12.3. The highest BCUT2D eigenvalue weighted by Crippen LogP contribution is 2.32. The molecule has 1 aromatic carbocycles. The fourth-order valence-corrected chi connectivity index (χ4v) is 1.58. The van der Waals surface area contributed by atoms with Crippen molar-refractivity contribution in [3.05, 3.63) is 42.1 Å². The van der Waals surface area contributed by atoms with E-state index in [1.807, 2.05) is 6.92 Å². The van der Waals surface area contributed by atoms with Gasteiger partial charge in [-0.25, -0.2) is 0 Å². The first-order valence-electron chi connectivity index (χ1n) is 5.87. The Morgan fingerprint density at radius 1 is 1.31 bits per heavy atom. The maximum absolute atomic E-state index is 3.87. The van der Waals surface area contributed by atoms with E-state index in [9.17, 15) is 0 Å². The molecule has 0 unspecified atom stereocenters. The van der Waals surface area contributed by atoms with E-state index in [2.05, 4.69) is 63.9 Å². The molecule has 88 valence electrons. The summed E-state index contributed by atoms with van der Waals surface area (Å²) in [4.78, 5) is 0. The largest absolute Gasteiger partial charge is 0.360 e. The van der Waals surface area contributed by atoms with E-state index in [4.69, 9.17) is 0 Å². The van der Waals surface area contributed by atoms with Crippen LogP contribution in [0, 0.1) is 5.92 Å². The molecule has 1 aromatic rings. The van der Waals surface area contributed by atoms with Crippen molar-refractivity contribution in [1.29, 1.82) is 0 Å². The van der Waals surface area contributed by atoms with Gasteiger partial charge in [-0.15, -0.1) is 0 Å². The third kappa shape index (κ3) is 2.88. The average Bonchev–Trinajstić information content (AvgIpc) is 2.16. The van der Waals surface area contributed by atoms with Gasteiger partial charge in [0.15, 0.2) is 0 Å². The van der Waals surface area contributed by atoms with E-state index >= 15 is 0 Å². The number of hydrogen-bond donors (Lipinski definition) is 1. The third-order valence-corrected chi connectivity index (χ3v) is 3.41. The molecule has 0 spiro atoms. The smallest absolute Gasteiger partial charge is 0.0384 e. The van der Waals surface area contributed by atoms with E-state index in [-0.39, 0.29) is 5.41 Å². The van der Waals surface area contributed by atoms with E-state index in [0.29, 0.717) is 5.92 Å². The van der Waals surface area contributed by atoms with Crippen molar-refractivity contribution in [3.63, 3.8) is 0 Å². The fourth-order valence-electron chi connectivity index (χ4n) is 1.58. The van der Waals surface area contributed by atoms with Crippen molar-refractivity contribution in [3.8, 4) is 0 Å². The van der Waals surface area contributed by atoms with Crippen LogP contribution in [0.25, 0.3) is 0 Å². The van der Waals surface area contributed by atoms with Crippen LogP contribution in [0.15, 0.2) is 36.5 Å². The summed E-state index contributed by atoms with van der Waals surface area (Å²) in [5, 5.41) is 3.26. The molecule has 0 aliphatic heterocycles. The summed E-state index contributed by atoms with van der Waals surface area (Å²) >= 11 is 0. The molecule has 0 aromatic heterocycles. The molecule has 0 fully saturated rings. The molecule has 1 heteroatoms. The van der Waals surface area contributed by atoms with Gasteiger partial charge in [-0.1, -0.05) is 46.4 Å². The Labute approximate surface area is 99.6 Å². The van der Waals surface area contributed by atoms with Crippen LogP contribution in [0.1, 0.15) is 40.2 Å². The molecule has 0 bridgehead atoms. The van der Waals surface area contributed by atoms with Crippen molar-refractivity contribution in [2.45, 2.75) is 40.0 Å². The summed E-state index contributed by atoms with van der Waals surface area (Å²) in [5.74, 6) is 0.618. The minimum absolute atomic E-state index is 0.201. The maximum Gasteiger partial charge on any atom is 0.0384 e. The fraction of sp³-hybridized carbons (Fsp3) is 0.467. The van der Waals surface area contributed by atoms with Gasteiger partial charge in [-0.2, -0.15) is 0 Å². The second-order valence-electron chi connectivity index (χ2n) is 5.36. The Bertz CT molecular complexity index is 375. The lowest BCUT2D eigenvalue weighted by Crippen LogP contribution is -2.24. The predicted molar refractivity (Wildman–Crippen MR) is 72.7 cm³/mol. The van der Waals surface area contributed by atoms with Crippen molar-refractivity contribution in [2.24, 2.45) is 5.92 Å². The molecular formula is C15H23N. The van der Waals surface area contributed by atoms with E-state index in [1.165, 1.54) is 5.56 Å². The van der Waals surface area contributed by atoms with Crippen LogP contribution in [-0.2, 0) is 5.41 Å². The van der Waals surface area contributed by atoms with E-state index in [0.717, 1.165) is 11.4 Å². The van der Waals surface area contributed by atoms with Gasteiger partial charge in [0, 0.05) is 11.4 Å². The number of benzene rings is 1. The van der Waals surface area contributed by atoms with Crippen molar-refractivity contribution in [2.75, 3.05) is 5.32 Å². The van der Waals surface area contributed by atoms with E-state index < -0.39 is 0 Å². The number of nitrogens with one attached hydrogen (secondary N) is 1. The second-order valence-corrected chi connectivity index (χ2v) is 5.36. The van der Waals surface area contributed by atoms with Crippen LogP contribution < -0.4 is 5.32 Å². The Morgan fingerprint density at radius 3 is 2.44 bits per heavy atom. The number of rotatable bonds is 4. The number of allylic oxidation sites excluding steroid dienone is 1. The van der Waals surface area contributed by atoms with Crippen LogP contribution in [0.2, 0.25) is 0 Å². The zero-order valence-corrected chi connectivity index (χ0v) is 11.1. The van der Waals surface area contributed by atoms with Crippen molar-refractivity contribution in [1.82, 2.24) is 0 Å². The Balaban J connectivity index is 3.02. The summed E-state index contributed by atoms with van der Waals surface area (Å²) in [7, 11) is 0. The topological polar surface area (TPSA) is 12.0 Å². The van der Waals surface area contributed by atoms with E-state index in [1.54, 1.807) is 0 Å². The molecule has 0 atom stereocenters. The molecule has 1 N–H and O–H groups in total. The Kier molecular flexibility index (Phi) is 3.79. The molecule has 0 amide bonds. The SMILES string of the molecule is C=C(C)Nc1cccc(C(C)(C)C(C)C)c1. The van der Waals surface area contributed by atoms with Crippen molar-refractivity contribution >= 4 is 5.69 Å². The van der Waals surface area contributed by atoms with Crippen LogP contribution >= 0.6 is 0 Å². The van der Waals surface area contributed by atoms with Gasteiger partial charge < -0.3 is 5.32 Å². The van der Waals surface area contributed by atoms with Gasteiger partial charge in [0.25, 0.3) is 0 Å². The first-order valence-corrected chi connectivity index (χ1v) is 5.87. The number of hydrogen-bond acceptors (Lipinski definition) is 1. The van der Waals surface area contributed by atoms with Crippen LogP contribution in [0.3, 0.4) is 0 Å². The molecule has 0 aliphatic carbocycles. The molecular weight excluding hydrogens is 194 g/mol. The summed E-state index contributed by atoms with van der Waals surface area (Å²) in [6.45, 7) is 14.9. The highest BCUT2D eigenvalue weighted by atomic mass is 14.9. The van der Waals surface area contributed by atoms with Gasteiger partial charge in [0.2, 0.25) is 0 Å². The molecule has 0 saturated heterocycles. The van der Waals surface area contributed by atoms with Gasteiger partial charge in [0.1, 0.15) is 0 Å². The Morgan fingerprint density at radius 2 is 1.94 bits per heavy atom. The monoisotopic (exact) mass is 217 g/mol. The van der Waals surface area contributed by atoms with Gasteiger partial charge in [0.05, 0.1) is 0 Å². The lowest BCUT2D eigenvalue weighted by Gasteiger charge is -2.30. The molecule has 0 radical (unpaired) electrons. The standard InChI is InChI=1S/C15H23N/c1-11(2)15(5,6)13-8-7-9-14(10-13)16-12(3)4/h7-11,16H,3H2,1-2,4-6H3. The normalized spacial score (nSPS) is 11.6. The summed E-state index contributed by atoms with van der Waals surface area (Å²) in [6, 6.07) is 8.59. The average molecular weight is 217 g/mol. The summed E-state index contributed by atoms with van der Waals surface area (Å²) in [6.07, 6.45) is 0. The molecule has 16 heavy (non-hydrogen) atoms. The minimum atomic E-state index is 0.201. The number of anilines is 1. The maximum atomic E-state index is 3.87. The summed E-state index contributed by atoms with van der Waals surface area (Å²) in [5.41, 5.74) is 3.67. The van der Waals surface area contributed by atoms with Crippen LogP contribution in [-0.4, -0.2) is 0 Å². The first kappa shape index (κ1) is 12.8. The van der Waals surface area contributed by atoms with Crippen molar-refractivity contribution < 1.29 is 0 Å². The highest BCUT2D eigenvalue weighted by molar-refractivity contribution is 5.50. The lowest BCUT2D eigenvalue weighted by molar-refractivity contribution is 0.372. The molecule has 0 heterocycles. The Hall–Kier alpha value is -1.24. The van der Waals surface area contributed by atoms with Crippen LogP contribution in [0.4, 0.5) is 5.69 Å². The quantitative estimate of drug-likeness (QED) is 0.779. The minimum Gasteiger partial charge on any atom is -0.360 e. The molecule has 1 rings (SSSR count). The first-order chi connectivity index (χ1) is 7.34. The highest BCUT2D eigenvalue weighted by Gasteiger charge is 2.24. The molecule has 0 saturated carbocycles. The molecule has 1 nitrogen and oxygen atoms in total. The summed E-state index contributed by atoms with van der Waals surface area (Å²) < 4.78 is 0.